The van der Waals surface area contributed by atoms with Crippen LogP contribution in [0.2, 0.25) is 0 Å². The van der Waals surface area contributed by atoms with Crippen LogP contribution in [-0.2, 0) is 11.2 Å². The Labute approximate surface area is 135 Å². The lowest BCUT2D eigenvalue weighted by molar-refractivity contribution is -0.113. The predicted octanol–water partition coefficient (Wildman–Crippen LogP) is 3.86. The molecule has 0 aromatic heterocycles. The van der Waals surface area contributed by atoms with Crippen molar-refractivity contribution in [3.63, 3.8) is 0 Å². The second kappa shape index (κ2) is 12.8. The molecule has 0 saturated carbocycles. The van der Waals surface area contributed by atoms with Crippen molar-refractivity contribution in [1.82, 2.24) is 5.32 Å². The Morgan fingerprint density at radius 3 is 2.64 bits per heavy atom. The lowest BCUT2D eigenvalue weighted by Crippen LogP contribution is -2.24. The molecule has 1 N–H and O–H groups in total. The zero-order valence-corrected chi connectivity index (χ0v) is 14.5. The van der Waals surface area contributed by atoms with Crippen molar-refractivity contribution < 1.29 is 9.53 Å². The minimum atomic E-state index is 0.0824. The van der Waals surface area contributed by atoms with Crippen LogP contribution in [0.1, 0.15) is 31.9 Å². The van der Waals surface area contributed by atoms with Gasteiger partial charge in [0.05, 0.1) is 13.7 Å². The smallest absolute Gasteiger partial charge is 0.169 e. The van der Waals surface area contributed by atoms with Gasteiger partial charge in [0.25, 0.3) is 0 Å². The number of carbonyl (C=O) groups excluding carboxylic acids is 1. The summed E-state index contributed by atoms with van der Waals surface area (Å²) in [6.07, 6.45) is 7.91. The Kier molecular flexibility index (Phi) is 11.7. The summed E-state index contributed by atoms with van der Waals surface area (Å²) in [5.41, 5.74) is 2.34. The van der Waals surface area contributed by atoms with E-state index in [1.165, 1.54) is 5.56 Å². The zero-order valence-electron chi connectivity index (χ0n) is 14.5. The van der Waals surface area contributed by atoms with Gasteiger partial charge in [-0.05, 0) is 50.1 Å². The fourth-order valence-electron chi connectivity index (χ4n) is 1.83. The highest BCUT2D eigenvalue weighted by Gasteiger charge is 2.03. The number of benzene rings is 1. The number of ether oxygens (including phenoxy) is 1. The molecule has 22 heavy (non-hydrogen) atoms. The molecule has 0 heterocycles. The number of ketones is 1. The normalized spacial score (nSPS) is 10.6. The van der Waals surface area contributed by atoms with Gasteiger partial charge >= 0.3 is 0 Å². The number of hydrogen-bond donors (Lipinski definition) is 1. The molecule has 0 spiro atoms. The number of allylic oxidation sites excluding steroid dienone is 3. The Bertz CT molecular complexity index is 490. The van der Waals surface area contributed by atoms with Crippen molar-refractivity contribution in [2.75, 3.05) is 20.2 Å². The fraction of sp³-hybridized carbons (Fsp3) is 0.421. The summed E-state index contributed by atoms with van der Waals surface area (Å²) in [4.78, 5) is 11.5. The second-order valence-corrected chi connectivity index (χ2v) is 4.59. The Morgan fingerprint density at radius 2 is 2.00 bits per heavy atom. The van der Waals surface area contributed by atoms with Crippen molar-refractivity contribution in [1.29, 1.82) is 0 Å². The van der Waals surface area contributed by atoms with Crippen molar-refractivity contribution in [2.24, 2.45) is 0 Å². The van der Waals surface area contributed by atoms with E-state index in [9.17, 15) is 4.79 Å². The van der Waals surface area contributed by atoms with Crippen LogP contribution in [-0.4, -0.2) is 26.0 Å². The molecule has 0 radical (unpaired) electrons. The molecule has 0 unspecified atom stereocenters. The highest BCUT2D eigenvalue weighted by molar-refractivity contribution is 5.91. The number of hydrogen-bond acceptors (Lipinski definition) is 3. The summed E-state index contributed by atoms with van der Waals surface area (Å²) >= 11 is 0. The maximum atomic E-state index is 11.5. The fourth-order valence-corrected chi connectivity index (χ4v) is 1.83. The molecule has 0 aliphatic rings. The van der Waals surface area contributed by atoms with E-state index in [2.05, 4.69) is 17.4 Å². The SMILES string of the molecule is C/C=C\C=C/C(=O)CNCCc1ccc(C)cc1OC.CC. The zero-order chi connectivity index (χ0) is 16.8. The van der Waals surface area contributed by atoms with E-state index in [1.807, 2.05) is 45.9 Å². The van der Waals surface area contributed by atoms with E-state index in [0.29, 0.717) is 6.54 Å². The summed E-state index contributed by atoms with van der Waals surface area (Å²) in [6.45, 7) is 9.08. The molecule has 0 atom stereocenters. The second-order valence-electron chi connectivity index (χ2n) is 4.59. The van der Waals surface area contributed by atoms with Crippen molar-refractivity contribution in [2.45, 2.75) is 34.1 Å². The van der Waals surface area contributed by atoms with Gasteiger partial charge in [0.2, 0.25) is 0 Å². The Balaban J connectivity index is 0.00000211. The van der Waals surface area contributed by atoms with Gasteiger partial charge in [-0.2, -0.15) is 0 Å². The van der Waals surface area contributed by atoms with Crippen molar-refractivity contribution in [3.05, 3.63) is 53.6 Å². The molecular weight excluding hydrogens is 274 g/mol. The van der Waals surface area contributed by atoms with Crippen LogP contribution in [0.25, 0.3) is 0 Å². The molecule has 0 aliphatic carbocycles. The largest absolute Gasteiger partial charge is 0.496 e. The summed E-state index contributed by atoms with van der Waals surface area (Å²) in [7, 11) is 1.68. The standard InChI is InChI=1S/C17H23NO2.C2H6/c1-4-5-6-7-16(19)13-18-11-10-15-9-8-14(2)12-17(15)20-3;1-2/h4-9,12,18H,10-11,13H2,1-3H3;1-2H3/b5-4-,7-6-;. The predicted molar refractivity (Wildman–Crippen MR) is 94.6 cm³/mol. The third-order valence-electron chi connectivity index (χ3n) is 2.90. The maximum Gasteiger partial charge on any atom is 0.169 e. The minimum Gasteiger partial charge on any atom is -0.496 e. The van der Waals surface area contributed by atoms with Gasteiger partial charge in [0.1, 0.15) is 5.75 Å². The number of nitrogens with one attached hydrogen (secondary N) is 1. The summed E-state index contributed by atoms with van der Waals surface area (Å²) < 4.78 is 5.36. The molecule has 0 saturated heterocycles. The molecular formula is C19H29NO2. The molecule has 0 bridgehead atoms. The van der Waals surface area contributed by atoms with Crippen LogP contribution in [0.3, 0.4) is 0 Å². The summed E-state index contributed by atoms with van der Waals surface area (Å²) in [6, 6.07) is 6.17. The average Bonchev–Trinajstić information content (AvgIpc) is 2.54. The number of carbonyl (C=O) groups is 1. The van der Waals surface area contributed by atoms with Gasteiger partial charge < -0.3 is 10.1 Å². The molecule has 1 rings (SSSR count). The molecule has 0 fully saturated rings. The first-order chi connectivity index (χ1) is 10.7. The number of aryl methyl sites for hydroxylation is 1. The van der Waals surface area contributed by atoms with Crippen LogP contribution in [0.5, 0.6) is 5.75 Å². The van der Waals surface area contributed by atoms with Gasteiger partial charge in [-0.15, -0.1) is 0 Å². The van der Waals surface area contributed by atoms with E-state index in [0.717, 1.165) is 24.3 Å². The molecule has 0 amide bonds. The first kappa shape index (κ1) is 20.1. The van der Waals surface area contributed by atoms with Crippen molar-refractivity contribution in [3.8, 4) is 5.75 Å². The van der Waals surface area contributed by atoms with Crippen molar-refractivity contribution >= 4 is 5.78 Å². The van der Waals surface area contributed by atoms with Crippen LogP contribution >= 0.6 is 0 Å². The van der Waals surface area contributed by atoms with Crippen LogP contribution in [0.4, 0.5) is 0 Å². The van der Waals surface area contributed by atoms with E-state index >= 15 is 0 Å². The Hall–Kier alpha value is -1.87. The highest BCUT2D eigenvalue weighted by Crippen LogP contribution is 2.19. The lowest BCUT2D eigenvalue weighted by atomic mass is 10.1. The van der Waals surface area contributed by atoms with Gasteiger partial charge in [0, 0.05) is 0 Å². The van der Waals surface area contributed by atoms with E-state index in [4.69, 9.17) is 4.74 Å². The molecule has 1 aromatic carbocycles. The summed E-state index contributed by atoms with van der Waals surface area (Å²) in [5.74, 6) is 0.991. The van der Waals surface area contributed by atoms with Crippen LogP contribution in [0, 0.1) is 6.92 Å². The number of methoxy groups -OCH3 is 1. The Morgan fingerprint density at radius 1 is 1.27 bits per heavy atom. The van der Waals surface area contributed by atoms with E-state index < -0.39 is 0 Å². The van der Waals surface area contributed by atoms with Gasteiger partial charge in [-0.3, -0.25) is 4.79 Å². The molecule has 1 aromatic rings. The third-order valence-corrected chi connectivity index (χ3v) is 2.90. The van der Waals surface area contributed by atoms with Crippen LogP contribution < -0.4 is 10.1 Å². The van der Waals surface area contributed by atoms with Crippen LogP contribution in [0.15, 0.2) is 42.5 Å². The highest BCUT2D eigenvalue weighted by atomic mass is 16.5. The van der Waals surface area contributed by atoms with E-state index in [1.54, 1.807) is 19.3 Å². The van der Waals surface area contributed by atoms with Gasteiger partial charge in [0.15, 0.2) is 5.78 Å². The quantitative estimate of drug-likeness (QED) is 0.450. The lowest BCUT2D eigenvalue weighted by Gasteiger charge is -2.09. The minimum absolute atomic E-state index is 0.0824. The maximum absolute atomic E-state index is 11.5. The van der Waals surface area contributed by atoms with Gasteiger partial charge in [-0.1, -0.05) is 44.2 Å². The molecule has 3 heteroatoms. The molecule has 3 nitrogen and oxygen atoms in total. The first-order valence-corrected chi connectivity index (χ1v) is 7.83. The first-order valence-electron chi connectivity index (χ1n) is 7.83. The van der Waals surface area contributed by atoms with E-state index in [-0.39, 0.29) is 5.78 Å². The van der Waals surface area contributed by atoms with Gasteiger partial charge in [-0.25, -0.2) is 0 Å². The summed E-state index contributed by atoms with van der Waals surface area (Å²) in [5, 5.41) is 3.15. The molecule has 0 aliphatic heterocycles. The monoisotopic (exact) mass is 303 g/mol. The number of rotatable bonds is 8. The average molecular weight is 303 g/mol. The topological polar surface area (TPSA) is 38.3 Å². The molecule has 122 valence electrons. The third kappa shape index (κ3) is 8.42.